The zero-order valence-electron chi connectivity index (χ0n) is 11.5. The first-order chi connectivity index (χ1) is 10.3. The summed E-state index contributed by atoms with van der Waals surface area (Å²) in [6.07, 6.45) is -2.90. The number of amides is 1. The predicted octanol–water partition coefficient (Wildman–Crippen LogP) is 2.32. The van der Waals surface area contributed by atoms with Gasteiger partial charge in [0.15, 0.2) is 5.69 Å². The van der Waals surface area contributed by atoms with Gasteiger partial charge < -0.3 is 10.4 Å². The third-order valence-electron chi connectivity index (χ3n) is 3.63. The number of carboxylic acid groups (broad SMARTS) is 1. The number of aliphatic carboxylic acids is 1. The van der Waals surface area contributed by atoms with Gasteiger partial charge in [-0.2, -0.15) is 13.2 Å². The van der Waals surface area contributed by atoms with Crippen LogP contribution in [0.3, 0.4) is 0 Å². The number of thiazole rings is 1. The van der Waals surface area contributed by atoms with Crippen LogP contribution in [0.15, 0.2) is 5.38 Å². The van der Waals surface area contributed by atoms with Crippen molar-refractivity contribution in [2.45, 2.75) is 31.9 Å². The van der Waals surface area contributed by atoms with E-state index in [4.69, 9.17) is 5.11 Å². The molecule has 0 spiro atoms. The lowest BCUT2D eigenvalue weighted by Gasteiger charge is -2.10. The van der Waals surface area contributed by atoms with Gasteiger partial charge in [0, 0.05) is 24.3 Å². The van der Waals surface area contributed by atoms with Gasteiger partial charge in [-0.25, -0.2) is 4.98 Å². The molecular formula is C13H15F3N2O3S. The van der Waals surface area contributed by atoms with Crippen molar-refractivity contribution in [3.05, 3.63) is 16.1 Å². The Morgan fingerprint density at radius 2 is 2.05 bits per heavy atom. The fourth-order valence-electron chi connectivity index (χ4n) is 2.44. The molecule has 0 radical (unpaired) electrons. The normalized spacial score (nSPS) is 21.8. The van der Waals surface area contributed by atoms with Gasteiger partial charge >= 0.3 is 12.1 Å². The summed E-state index contributed by atoms with van der Waals surface area (Å²) in [6, 6.07) is 0. The van der Waals surface area contributed by atoms with Gasteiger partial charge in [0.05, 0.1) is 10.9 Å². The van der Waals surface area contributed by atoms with Gasteiger partial charge in [0.25, 0.3) is 0 Å². The van der Waals surface area contributed by atoms with Crippen LogP contribution in [0, 0.1) is 11.8 Å². The molecule has 5 nitrogen and oxygen atoms in total. The van der Waals surface area contributed by atoms with E-state index in [0.717, 1.165) is 16.7 Å². The third kappa shape index (κ3) is 4.19. The number of hydrogen-bond acceptors (Lipinski definition) is 4. The maximum absolute atomic E-state index is 12.4. The van der Waals surface area contributed by atoms with E-state index in [9.17, 15) is 22.8 Å². The van der Waals surface area contributed by atoms with Crippen LogP contribution in [0.2, 0.25) is 0 Å². The summed E-state index contributed by atoms with van der Waals surface area (Å²) in [5.41, 5.74) is -0.918. The van der Waals surface area contributed by atoms with Crippen molar-refractivity contribution >= 4 is 23.2 Å². The standard InChI is InChI=1S/C13H15F3N2O3S/c14-13(15,16)9-6-22-10(18-9)3-4-17-11(19)7-1-2-8(5-7)12(20)21/h6-8H,1-5H2,(H,17,19)(H,20,21)/t7-,8+/m0/s1. The number of nitrogens with one attached hydrogen (secondary N) is 1. The molecule has 0 unspecified atom stereocenters. The summed E-state index contributed by atoms with van der Waals surface area (Å²) in [7, 11) is 0. The van der Waals surface area contributed by atoms with Crippen LogP contribution in [0.1, 0.15) is 30.0 Å². The Morgan fingerprint density at radius 3 is 2.59 bits per heavy atom. The zero-order chi connectivity index (χ0) is 16.3. The van der Waals surface area contributed by atoms with Crippen LogP contribution in [0.4, 0.5) is 13.2 Å². The van der Waals surface area contributed by atoms with Gasteiger partial charge in [-0.05, 0) is 19.3 Å². The molecule has 9 heteroatoms. The number of aromatic nitrogens is 1. The molecule has 1 fully saturated rings. The number of carboxylic acids is 1. The van der Waals surface area contributed by atoms with Gasteiger partial charge in [-0.3, -0.25) is 9.59 Å². The van der Waals surface area contributed by atoms with E-state index in [1.54, 1.807) is 0 Å². The molecule has 0 aliphatic heterocycles. The van der Waals surface area contributed by atoms with E-state index in [1.165, 1.54) is 0 Å². The molecule has 2 atom stereocenters. The summed E-state index contributed by atoms with van der Waals surface area (Å²) in [6.45, 7) is 0.192. The van der Waals surface area contributed by atoms with Crippen molar-refractivity contribution in [3.63, 3.8) is 0 Å². The van der Waals surface area contributed by atoms with E-state index < -0.39 is 23.8 Å². The van der Waals surface area contributed by atoms with Crippen LogP contribution in [-0.2, 0) is 22.2 Å². The summed E-state index contributed by atoms with van der Waals surface area (Å²) in [5, 5.41) is 12.8. The summed E-state index contributed by atoms with van der Waals surface area (Å²) < 4.78 is 37.2. The highest BCUT2D eigenvalue weighted by atomic mass is 32.1. The molecular weight excluding hydrogens is 321 g/mol. The zero-order valence-corrected chi connectivity index (χ0v) is 12.3. The van der Waals surface area contributed by atoms with Crippen LogP contribution in [-0.4, -0.2) is 28.5 Å². The monoisotopic (exact) mass is 336 g/mol. The van der Waals surface area contributed by atoms with E-state index in [-0.39, 0.29) is 24.8 Å². The Bertz CT molecular complexity index is 559. The highest BCUT2D eigenvalue weighted by Crippen LogP contribution is 2.31. The quantitative estimate of drug-likeness (QED) is 0.865. The lowest BCUT2D eigenvalue weighted by molar-refractivity contribution is -0.142. The van der Waals surface area contributed by atoms with Crippen LogP contribution in [0.5, 0.6) is 0 Å². The molecule has 1 heterocycles. The minimum atomic E-state index is -4.45. The fourth-order valence-corrected chi connectivity index (χ4v) is 3.24. The first-order valence-corrected chi connectivity index (χ1v) is 7.67. The number of carbonyl (C=O) groups excluding carboxylic acids is 1. The molecule has 1 aromatic heterocycles. The van der Waals surface area contributed by atoms with E-state index in [1.807, 2.05) is 0 Å². The maximum Gasteiger partial charge on any atom is 0.434 e. The second kappa shape index (κ2) is 6.64. The van der Waals surface area contributed by atoms with Crippen molar-refractivity contribution in [2.24, 2.45) is 11.8 Å². The SMILES string of the molecule is O=C(O)[C@@H]1CC[C@H](C(=O)NCCc2nc(C(F)(F)F)cs2)C1. The second-order valence-electron chi connectivity index (χ2n) is 5.21. The molecule has 2 rings (SSSR count). The molecule has 0 bridgehead atoms. The van der Waals surface area contributed by atoms with Crippen LogP contribution in [0.25, 0.3) is 0 Å². The Morgan fingerprint density at radius 1 is 1.36 bits per heavy atom. The molecule has 1 aliphatic carbocycles. The molecule has 1 saturated carbocycles. The first kappa shape index (κ1) is 16.7. The lowest BCUT2D eigenvalue weighted by atomic mass is 10.0. The molecule has 1 aromatic rings. The van der Waals surface area contributed by atoms with Gasteiger partial charge in [0.1, 0.15) is 0 Å². The molecule has 22 heavy (non-hydrogen) atoms. The van der Waals surface area contributed by atoms with Gasteiger partial charge in [-0.15, -0.1) is 11.3 Å². The summed E-state index contributed by atoms with van der Waals surface area (Å²) in [5.74, 6) is -1.94. The number of hydrogen-bond donors (Lipinski definition) is 2. The molecule has 122 valence electrons. The van der Waals surface area contributed by atoms with Crippen LogP contribution >= 0.6 is 11.3 Å². The number of alkyl halides is 3. The van der Waals surface area contributed by atoms with Crippen molar-refractivity contribution in [1.82, 2.24) is 10.3 Å². The van der Waals surface area contributed by atoms with Crippen molar-refractivity contribution in [1.29, 1.82) is 0 Å². The summed E-state index contributed by atoms with van der Waals surface area (Å²) >= 11 is 0.905. The van der Waals surface area contributed by atoms with Crippen LogP contribution < -0.4 is 5.32 Å². The highest BCUT2D eigenvalue weighted by molar-refractivity contribution is 7.09. The second-order valence-corrected chi connectivity index (χ2v) is 6.15. The van der Waals surface area contributed by atoms with E-state index >= 15 is 0 Å². The largest absolute Gasteiger partial charge is 0.481 e. The minimum Gasteiger partial charge on any atom is -0.481 e. The smallest absolute Gasteiger partial charge is 0.434 e. The average Bonchev–Trinajstić information content (AvgIpc) is 3.07. The maximum atomic E-state index is 12.4. The predicted molar refractivity (Wildman–Crippen MR) is 72.3 cm³/mol. The van der Waals surface area contributed by atoms with Gasteiger partial charge in [-0.1, -0.05) is 0 Å². The molecule has 1 amide bonds. The Balaban J connectivity index is 1.76. The van der Waals surface area contributed by atoms with E-state index in [0.29, 0.717) is 24.3 Å². The molecule has 1 aliphatic rings. The van der Waals surface area contributed by atoms with Gasteiger partial charge in [0.2, 0.25) is 5.91 Å². The topological polar surface area (TPSA) is 79.3 Å². The lowest BCUT2D eigenvalue weighted by Crippen LogP contribution is -2.31. The number of carbonyl (C=O) groups is 2. The molecule has 0 saturated heterocycles. The van der Waals surface area contributed by atoms with Crippen molar-refractivity contribution in [2.75, 3.05) is 6.54 Å². The number of nitrogens with zero attached hydrogens (tertiary/aromatic N) is 1. The average molecular weight is 336 g/mol. The Labute approximate surface area is 128 Å². The third-order valence-corrected chi connectivity index (χ3v) is 4.54. The fraction of sp³-hybridized carbons (Fsp3) is 0.615. The number of halogens is 3. The number of rotatable bonds is 5. The Hall–Kier alpha value is -1.64. The molecule has 2 N–H and O–H groups in total. The summed E-state index contributed by atoms with van der Waals surface area (Å²) in [4.78, 5) is 26.2. The Kier molecular flexibility index (Phi) is 5.05. The minimum absolute atomic E-state index is 0.192. The van der Waals surface area contributed by atoms with Crippen molar-refractivity contribution in [3.8, 4) is 0 Å². The molecule has 0 aromatic carbocycles. The highest BCUT2D eigenvalue weighted by Gasteiger charge is 2.34. The van der Waals surface area contributed by atoms with E-state index in [2.05, 4.69) is 10.3 Å². The first-order valence-electron chi connectivity index (χ1n) is 6.79. The van der Waals surface area contributed by atoms with Crippen molar-refractivity contribution < 1.29 is 27.9 Å².